The van der Waals surface area contributed by atoms with E-state index in [2.05, 4.69) is 9.88 Å². The molecular formula is C17H22N2O3S. The van der Waals surface area contributed by atoms with Crippen LogP contribution in [0.15, 0.2) is 40.9 Å². The zero-order valence-electron chi connectivity index (χ0n) is 13.3. The summed E-state index contributed by atoms with van der Waals surface area (Å²) >= 11 is 0. The second-order valence-corrected chi connectivity index (χ2v) is 8.38. The van der Waals surface area contributed by atoms with Gasteiger partial charge in [-0.1, -0.05) is 36.8 Å². The maximum absolute atomic E-state index is 11.6. The number of hydrogen-bond acceptors (Lipinski definition) is 5. The number of likely N-dealkylation sites (tertiary alicyclic amines) is 1. The van der Waals surface area contributed by atoms with Gasteiger partial charge in [-0.2, -0.15) is 0 Å². The van der Waals surface area contributed by atoms with E-state index in [9.17, 15) is 8.42 Å². The molecule has 0 radical (unpaired) electrons. The van der Waals surface area contributed by atoms with Gasteiger partial charge >= 0.3 is 0 Å². The van der Waals surface area contributed by atoms with E-state index in [4.69, 9.17) is 4.42 Å². The van der Waals surface area contributed by atoms with Crippen LogP contribution in [0.3, 0.4) is 0 Å². The zero-order valence-corrected chi connectivity index (χ0v) is 14.1. The van der Waals surface area contributed by atoms with Gasteiger partial charge in [0.25, 0.3) is 0 Å². The van der Waals surface area contributed by atoms with E-state index in [-0.39, 0.29) is 11.8 Å². The summed E-state index contributed by atoms with van der Waals surface area (Å²) in [6.45, 7) is 1.45. The van der Waals surface area contributed by atoms with E-state index in [0.717, 1.165) is 37.1 Å². The Morgan fingerprint density at radius 3 is 2.78 bits per heavy atom. The van der Waals surface area contributed by atoms with Gasteiger partial charge in [0, 0.05) is 17.9 Å². The maximum Gasteiger partial charge on any atom is 0.209 e. The zero-order chi connectivity index (χ0) is 16.3. The van der Waals surface area contributed by atoms with Gasteiger partial charge in [0.1, 0.15) is 9.84 Å². The third-order valence-electron chi connectivity index (χ3n) is 4.19. The predicted molar refractivity (Wildman–Crippen MR) is 89.7 cm³/mol. The van der Waals surface area contributed by atoms with Crippen molar-refractivity contribution in [2.24, 2.45) is 0 Å². The number of nitrogens with zero attached hydrogens (tertiary/aromatic N) is 2. The van der Waals surface area contributed by atoms with Crippen LogP contribution < -0.4 is 0 Å². The highest BCUT2D eigenvalue weighted by Crippen LogP contribution is 2.24. The van der Waals surface area contributed by atoms with Gasteiger partial charge in [-0.15, -0.1) is 0 Å². The van der Waals surface area contributed by atoms with E-state index in [1.165, 1.54) is 6.26 Å². The Hall–Kier alpha value is -1.66. The maximum atomic E-state index is 11.6. The van der Waals surface area contributed by atoms with Crippen molar-refractivity contribution in [2.75, 3.05) is 18.6 Å². The lowest BCUT2D eigenvalue weighted by Gasteiger charge is -2.34. The molecule has 0 saturated carbocycles. The largest absolute Gasteiger partial charge is 0.439 e. The van der Waals surface area contributed by atoms with Gasteiger partial charge in [0.15, 0.2) is 5.76 Å². The van der Waals surface area contributed by atoms with E-state index < -0.39 is 9.84 Å². The first-order chi connectivity index (χ1) is 11.0. The minimum atomic E-state index is -2.98. The predicted octanol–water partition coefficient (Wildman–Crippen LogP) is 2.74. The molecule has 23 heavy (non-hydrogen) atoms. The molecule has 0 spiro atoms. The Balaban J connectivity index is 1.71. The lowest BCUT2D eigenvalue weighted by Crippen LogP contribution is -2.43. The summed E-state index contributed by atoms with van der Waals surface area (Å²) in [6, 6.07) is 9.92. The van der Waals surface area contributed by atoms with Gasteiger partial charge in [-0.3, -0.25) is 4.90 Å². The molecule has 2 aromatic rings. The molecule has 2 heterocycles. The minimum absolute atomic E-state index is 0.0609. The molecule has 0 N–H and O–H groups in total. The third-order valence-corrected chi connectivity index (χ3v) is 5.18. The SMILES string of the molecule is CS(=O)(=O)CC1CCCCN1Cc1ncc(-c2ccccc2)o1. The number of hydrogen-bond donors (Lipinski definition) is 0. The Labute approximate surface area is 137 Å². The van der Waals surface area contributed by atoms with Crippen molar-refractivity contribution in [1.29, 1.82) is 0 Å². The second-order valence-electron chi connectivity index (χ2n) is 6.20. The Morgan fingerprint density at radius 1 is 1.26 bits per heavy atom. The van der Waals surface area contributed by atoms with Gasteiger partial charge in [-0.25, -0.2) is 13.4 Å². The van der Waals surface area contributed by atoms with Crippen LogP contribution in [0, 0.1) is 0 Å². The van der Waals surface area contributed by atoms with Crippen molar-refractivity contribution in [1.82, 2.24) is 9.88 Å². The molecule has 5 nitrogen and oxygen atoms in total. The molecular weight excluding hydrogens is 312 g/mol. The highest BCUT2D eigenvalue weighted by atomic mass is 32.2. The molecule has 1 fully saturated rings. The van der Waals surface area contributed by atoms with Crippen molar-refractivity contribution in [3.05, 3.63) is 42.4 Å². The smallest absolute Gasteiger partial charge is 0.209 e. The highest BCUT2D eigenvalue weighted by Gasteiger charge is 2.26. The summed E-state index contributed by atoms with van der Waals surface area (Å²) in [7, 11) is -2.98. The second kappa shape index (κ2) is 6.84. The molecule has 1 aromatic carbocycles. The quantitative estimate of drug-likeness (QED) is 0.841. The van der Waals surface area contributed by atoms with E-state index in [0.29, 0.717) is 12.4 Å². The van der Waals surface area contributed by atoms with Gasteiger partial charge in [0.2, 0.25) is 5.89 Å². The Kier molecular flexibility index (Phi) is 4.82. The number of piperidine rings is 1. The first-order valence-electron chi connectivity index (χ1n) is 7.93. The third kappa shape index (κ3) is 4.42. The van der Waals surface area contributed by atoms with Gasteiger partial charge in [-0.05, 0) is 19.4 Å². The summed E-state index contributed by atoms with van der Waals surface area (Å²) < 4.78 is 29.1. The van der Waals surface area contributed by atoms with Crippen molar-refractivity contribution in [3.8, 4) is 11.3 Å². The highest BCUT2D eigenvalue weighted by molar-refractivity contribution is 7.90. The van der Waals surface area contributed by atoms with Crippen LogP contribution in [0.1, 0.15) is 25.2 Å². The van der Waals surface area contributed by atoms with Crippen molar-refractivity contribution in [3.63, 3.8) is 0 Å². The van der Waals surface area contributed by atoms with Crippen LogP contribution in [0.2, 0.25) is 0 Å². The summed E-state index contributed by atoms with van der Waals surface area (Å²) in [6.07, 6.45) is 6.13. The standard InChI is InChI=1S/C17H22N2O3S/c1-23(20,21)13-15-9-5-6-10-19(15)12-17-18-11-16(22-17)14-7-3-2-4-8-14/h2-4,7-8,11,15H,5-6,9-10,12-13H2,1H3. The molecule has 1 atom stereocenters. The molecule has 3 rings (SSSR count). The minimum Gasteiger partial charge on any atom is -0.439 e. The molecule has 1 aliphatic rings. The molecule has 1 aliphatic heterocycles. The lowest BCUT2D eigenvalue weighted by atomic mass is 10.0. The van der Waals surface area contributed by atoms with Gasteiger partial charge in [0.05, 0.1) is 18.5 Å². The van der Waals surface area contributed by atoms with Crippen LogP contribution in [-0.4, -0.2) is 42.9 Å². The average Bonchev–Trinajstić information content (AvgIpc) is 2.97. The first-order valence-corrected chi connectivity index (χ1v) is 9.99. The molecule has 0 aliphatic carbocycles. The van der Waals surface area contributed by atoms with Gasteiger partial charge < -0.3 is 4.42 Å². The van der Waals surface area contributed by atoms with Crippen molar-refractivity contribution in [2.45, 2.75) is 31.8 Å². The van der Waals surface area contributed by atoms with Crippen molar-refractivity contribution >= 4 is 9.84 Å². The number of sulfone groups is 1. The van der Waals surface area contributed by atoms with Crippen LogP contribution in [0.25, 0.3) is 11.3 Å². The number of rotatable bonds is 5. The average molecular weight is 334 g/mol. The van der Waals surface area contributed by atoms with E-state index >= 15 is 0 Å². The monoisotopic (exact) mass is 334 g/mol. The molecule has 0 amide bonds. The normalized spacial score (nSPS) is 19.8. The topological polar surface area (TPSA) is 63.4 Å². The summed E-state index contributed by atoms with van der Waals surface area (Å²) in [5.41, 5.74) is 0.998. The molecule has 1 aromatic heterocycles. The van der Waals surface area contributed by atoms with Crippen molar-refractivity contribution < 1.29 is 12.8 Å². The van der Waals surface area contributed by atoms with E-state index in [1.807, 2.05) is 30.3 Å². The lowest BCUT2D eigenvalue weighted by molar-refractivity contribution is 0.141. The van der Waals surface area contributed by atoms with Crippen LogP contribution in [-0.2, 0) is 16.4 Å². The summed E-state index contributed by atoms with van der Waals surface area (Å²) in [5.74, 6) is 1.60. The molecule has 124 valence electrons. The van der Waals surface area contributed by atoms with Crippen LogP contribution >= 0.6 is 0 Å². The van der Waals surface area contributed by atoms with Crippen LogP contribution in [0.5, 0.6) is 0 Å². The van der Waals surface area contributed by atoms with Crippen LogP contribution in [0.4, 0.5) is 0 Å². The fourth-order valence-corrected chi connectivity index (χ4v) is 4.18. The number of oxazole rings is 1. The first kappa shape index (κ1) is 16.2. The Bertz CT molecular complexity index is 740. The fourth-order valence-electron chi connectivity index (χ4n) is 3.10. The van der Waals surface area contributed by atoms with E-state index in [1.54, 1.807) is 6.20 Å². The summed E-state index contributed by atoms with van der Waals surface area (Å²) in [4.78, 5) is 6.55. The molecule has 1 saturated heterocycles. The Morgan fingerprint density at radius 2 is 2.04 bits per heavy atom. The number of aromatic nitrogens is 1. The molecule has 0 bridgehead atoms. The summed E-state index contributed by atoms with van der Waals surface area (Å²) in [5, 5.41) is 0. The molecule has 6 heteroatoms. The molecule has 1 unspecified atom stereocenters. The number of benzene rings is 1. The fraction of sp³-hybridized carbons (Fsp3) is 0.471.